The first-order chi connectivity index (χ1) is 14.3. The van der Waals surface area contributed by atoms with Gasteiger partial charge in [0.1, 0.15) is 0 Å². The highest BCUT2D eigenvalue weighted by atomic mass is 32.2. The third kappa shape index (κ3) is 4.36. The van der Waals surface area contributed by atoms with Crippen LogP contribution in [0.1, 0.15) is 6.92 Å². The molecule has 0 aliphatic carbocycles. The van der Waals surface area contributed by atoms with Gasteiger partial charge in [0, 0.05) is 23.9 Å². The van der Waals surface area contributed by atoms with Crippen molar-refractivity contribution in [3.8, 4) is 5.69 Å². The Hall–Kier alpha value is -3.57. The zero-order valence-electron chi connectivity index (χ0n) is 16.1. The quantitative estimate of drug-likeness (QED) is 0.578. The fraction of sp³-hybridized carbons (Fsp3) is 0.158. The van der Waals surface area contributed by atoms with Crippen LogP contribution in [0.4, 0.5) is 10.5 Å². The van der Waals surface area contributed by atoms with Crippen LogP contribution in [0.5, 0.6) is 0 Å². The summed E-state index contributed by atoms with van der Waals surface area (Å²) in [7, 11) is 1.25. The molecule has 2 aromatic carbocycles. The first-order valence-electron chi connectivity index (χ1n) is 8.80. The normalized spacial score (nSPS) is 11.7. The Morgan fingerprint density at radius 1 is 1.03 bits per heavy atom. The van der Waals surface area contributed by atoms with Crippen LogP contribution in [0.15, 0.2) is 72.7 Å². The van der Waals surface area contributed by atoms with Crippen LogP contribution < -0.4 is 22.4 Å². The van der Waals surface area contributed by atoms with E-state index in [-0.39, 0.29) is 12.3 Å². The molecule has 0 saturated carbocycles. The summed E-state index contributed by atoms with van der Waals surface area (Å²) in [6.07, 6.45) is -0.578. The van der Waals surface area contributed by atoms with Crippen LogP contribution in [-0.4, -0.2) is 31.4 Å². The summed E-state index contributed by atoms with van der Waals surface area (Å²) in [5, 5.41) is 2.54. The molecule has 0 spiro atoms. The first kappa shape index (κ1) is 21.1. The number of carbonyl (C=O) groups is 1. The average Bonchev–Trinajstić information content (AvgIpc) is 2.73. The lowest BCUT2D eigenvalue weighted by Crippen LogP contribution is -2.47. The summed E-state index contributed by atoms with van der Waals surface area (Å²) in [5.41, 5.74) is -1.73. The molecule has 3 aromatic rings. The van der Waals surface area contributed by atoms with E-state index in [4.69, 9.17) is 4.74 Å². The molecule has 0 radical (unpaired) electrons. The van der Waals surface area contributed by atoms with Gasteiger partial charge in [0.05, 0.1) is 12.3 Å². The summed E-state index contributed by atoms with van der Waals surface area (Å²) in [6, 6.07) is 12.4. The molecule has 2 N–H and O–H groups in total. The van der Waals surface area contributed by atoms with Gasteiger partial charge in [0.15, 0.2) is 9.79 Å². The second-order valence-corrected chi connectivity index (χ2v) is 7.53. The Bertz CT molecular complexity index is 1230. The van der Waals surface area contributed by atoms with E-state index in [1.54, 1.807) is 31.2 Å². The molecular weight excluding hydrogens is 412 g/mol. The highest BCUT2D eigenvalue weighted by molar-refractivity contribution is 7.91. The van der Waals surface area contributed by atoms with E-state index in [0.717, 1.165) is 9.13 Å². The molecule has 156 valence electrons. The van der Waals surface area contributed by atoms with Gasteiger partial charge < -0.3 is 9.29 Å². The Morgan fingerprint density at radius 3 is 2.17 bits per heavy atom. The lowest BCUT2D eigenvalue weighted by molar-refractivity contribution is 0.168. The topological polar surface area (TPSA) is 138 Å². The van der Waals surface area contributed by atoms with Crippen molar-refractivity contribution in [1.82, 2.24) is 14.1 Å². The standard InChI is InChI=1S/C19H18N4O6S/c1-3-29-18(26)20-12-4-8-14(9-5-12)30(28)15-10-6-13(7-11-15)23-17(25)21-16(24)22(2)19(23)27/h4-11H,3H2,1-2H3,(H,20,26)(H,21,24,25). The van der Waals surface area contributed by atoms with Gasteiger partial charge in [-0.3, -0.25) is 10.3 Å². The molecule has 0 bridgehead atoms. The van der Waals surface area contributed by atoms with Gasteiger partial charge in [-0.05, 0) is 55.5 Å². The van der Waals surface area contributed by atoms with Gasteiger partial charge in [-0.1, -0.05) is 0 Å². The number of amides is 1. The van der Waals surface area contributed by atoms with Crippen molar-refractivity contribution in [2.75, 3.05) is 11.9 Å². The van der Waals surface area contributed by atoms with Crippen LogP contribution in [-0.2, 0) is 23.0 Å². The van der Waals surface area contributed by atoms with Gasteiger partial charge in [0.2, 0.25) is 0 Å². The van der Waals surface area contributed by atoms with E-state index in [9.17, 15) is 23.7 Å². The third-order valence-corrected chi connectivity index (χ3v) is 5.50. The smallest absolute Gasteiger partial charge is 0.411 e. The van der Waals surface area contributed by atoms with Crippen LogP contribution in [0.2, 0.25) is 0 Å². The molecule has 11 heteroatoms. The number of hydrogen-bond acceptors (Lipinski definition) is 6. The zero-order chi connectivity index (χ0) is 21.8. The molecule has 30 heavy (non-hydrogen) atoms. The third-order valence-electron chi connectivity index (χ3n) is 4.10. The molecule has 1 unspecified atom stereocenters. The minimum Gasteiger partial charge on any atom is -0.606 e. The second-order valence-electron chi connectivity index (χ2n) is 6.04. The molecular formula is C19H18N4O6S. The fourth-order valence-electron chi connectivity index (χ4n) is 2.58. The summed E-state index contributed by atoms with van der Waals surface area (Å²) in [5.74, 6) is 0. The number of carbonyl (C=O) groups excluding carboxylic acids is 1. The van der Waals surface area contributed by atoms with Crippen LogP contribution in [0.25, 0.3) is 5.69 Å². The number of hydrogen-bond donors (Lipinski definition) is 2. The molecule has 0 aliphatic heterocycles. The first-order valence-corrected chi connectivity index (χ1v) is 9.95. The van der Waals surface area contributed by atoms with Crippen LogP contribution in [0, 0.1) is 0 Å². The van der Waals surface area contributed by atoms with Crippen molar-refractivity contribution in [2.24, 2.45) is 7.05 Å². The predicted octanol–water partition coefficient (Wildman–Crippen LogP) is 0.960. The van der Waals surface area contributed by atoms with E-state index in [1.165, 1.54) is 31.3 Å². The van der Waals surface area contributed by atoms with Crippen molar-refractivity contribution in [2.45, 2.75) is 16.7 Å². The molecule has 1 amide bonds. The van der Waals surface area contributed by atoms with Gasteiger partial charge >= 0.3 is 23.2 Å². The largest absolute Gasteiger partial charge is 0.606 e. The van der Waals surface area contributed by atoms with Crippen molar-refractivity contribution in [1.29, 1.82) is 0 Å². The van der Waals surface area contributed by atoms with E-state index in [2.05, 4.69) is 10.3 Å². The number of aromatic amines is 1. The highest BCUT2D eigenvalue weighted by Gasteiger charge is 2.16. The summed E-state index contributed by atoms with van der Waals surface area (Å²) >= 11 is -1.53. The Morgan fingerprint density at radius 2 is 1.60 bits per heavy atom. The maximum atomic E-state index is 12.8. The second kappa shape index (κ2) is 8.84. The van der Waals surface area contributed by atoms with Gasteiger partial charge in [-0.15, -0.1) is 0 Å². The maximum Gasteiger partial charge on any atom is 0.411 e. The van der Waals surface area contributed by atoms with Crippen LogP contribution >= 0.6 is 0 Å². The van der Waals surface area contributed by atoms with Gasteiger partial charge in [-0.25, -0.2) is 28.3 Å². The van der Waals surface area contributed by atoms with Crippen molar-refractivity contribution in [3.63, 3.8) is 0 Å². The predicted molar refractivity (Wildman–Crippen MR) is 110 cm³/mol. The maximum absolute atomic E-state index is 12.8. The number of nitrogens with zero attached hydrogens (tertiary/aromatic N) is 2. The molecule has 0 saturated heterocycles. The summed E-state index contributed by atoms with van der Waals surface area (Å²) < 4.78 is 19.2. The number of nitrogens with one attached hydrogen (secondary N) is 2. The summed E-state index contributed by atoms with van der Waals surface area (Å²) in [6.45, 7) is 1.95. The average molecular weight is 430 g/mol. The molecule has 1 atom stereocenters. The highest BCUT2D eigenvalue weighted by Crippen LogP contribution is 2.23. The molecule has 0 aliphatic rings. The zero-order valence-corrected chi connectivity index (χ0v) is 16.9. The van der Waals surface area contributed by atoms with Crippen LogP contribution in [0.3, 0.4) is 0 Å². The Kier molecular flexibility index (Phi) is 6.23. The number of aromatic nitrogens is 3. The number of rotatable bonds is 5. The van der Waals surface area contributed by atoms with Crippen molar-refractivity contribution in [3.05, 3.63) is 80.0 Å². The van der Waals surface area contributed by atoms with Crippen molar-refractivity contribution >= 4 is 23.0 Å². The van der Waals surface area contributed by atoms with Gasteiger partial charge in [0.25, 0.3) is 0 Å². The monoisotopic (exact) mass is 430 g/mol. The Labute approximate surface area is 172 Å². The lowest BCUT2D eigenvalue weighted by Gasteiger charge is -2.12. The molecule has 0 fully saturated rings. The molecule has 3 rings (SSSR count). The van der Waals surface area contributed by atoms with E-state index in [1.807, 2.05) is 0 Å². The van der Waals surface area contributed by atoms with Gasteiger partial charge in [-0.2, -0.15) is 0 Å². The summed E-state index contributed by atoms with van der Waals surface area (Å²) in [4.78, 5) is 50.1. The van der Waals surface area contributed by atoms with Crippen molar-refractivity contribution < 1.29 is 14.1 Å². The molecule has 1 aromatic heterocycles. The number of H-pyrrole nitrogens is 1. The fourth-order valence-corrected chi connectivity index (χ4v) is 3.62. The minimum absolute atomic E-state index is 0.228. The number of benzene rings is 2. The SMILES string of the molecule is CCOC(=O)Nc1ccc([S+]([O-])c2ccc(-n3c(=O)[nH]c(=O)n(C)c3=O)cc2)cc1. The minimum atomic E-state index is -1.53. The Balaban J connectivity index is 1.82. The number of anilines is 1. The lowest BCUT2D eigenvalue weighted by atomic mass is 10.3. The number of ether oxygens (including phenoxy) is 1. The molecule has 1 heterocycles. The van der Waals surface area contributed by atoms with E-state index < -0.39 is 34.3 Å². The van der Waals surface area contributed by atoms with E-state index in [0.29, 0.717) is 15.5 Å². The molecule has 10 nitrogen and oxygen atoms in total. The van der Waals surface area contributed by atoms with E-state index >= 15 is 0 Å².